The Bertz CT molecular complexity index is 1220. The fourth-order valence-electron chi connectivity index (χ4n) is 4.02. The lowest BCUT2D eigenvalue weighted by molar-refractivity contribution is -0.117. The van der Waals surface area contributed by atoms with Gasteiger partial charge in [0.15, 0.2) is 11.5 Å². The molecule has 2 heterocycles. The topological polar surface area (TPSA) is 112 Å². The fourth-order valence-corrected chi connectivity index (χ4v) is 4.85. The predicted molar refractivity (Wildman–Crippen MR) is 141 cm³/mol. The van der Waals surface area contributed by atoms with E-state index in [1.807, 2.05) is 45.0 Å². The molecule has 2 amide bonds. The van der Waals surface area contributed by atoms with Crippen molar-refractivity contribution in [2.24, 2.45) is 0 Å². The SMILES string of the molecule is CCOc1cc(C(=O)Nc2nnc(C3CC(=O)N(c4ccc(OC)cc4)C3)s2)cc(OCC)c1OCC. The van der Waals surface area contributed by atoms with Crippen LogP contribution >= 0.6 is 11.3 Å². The summed E-state index contributed by atoms with van der Waals surface area (Å²) in [5.41, 5.74) is 1.14. The predicted octanol–water partition coefficient (Wildman–Crippen LogP) is 4.52. The van der Waals surface area contributed by atoms with Crippen LogP contribution in [0.4, 0.5) is 10.8 Å². The summed E-state index contributed by atoms with van der Waals surface area (Å²) in [7, 11) is 1.60. The summed E-state index contributed by atoms with van der Waals surface area (Å²) in [6.07, 6.45) is 0.322. The summed E-state index contributed by atoms with van der Waals surface area (Å²) in [6.45, 7) is 7.31. The maximum absolute atomic E-state index is 13.1. The third-order valence-corrected chi connectivity index (χ3v) is 6.69. The zero-order chi connectivity index (χ0) is 26.4. The second kappa shape index (κ2) is 11.9. The average Bonchev–Trinajstić information content (AvgIpc) is 3.52. The van der Waals surface area contributed by atoms with E-state index in [0.717, 1.165) is 11.4 Å². The van der Waals surface area contributed by atoms with Crippen LogP contribution in [0.1, 0.15) is 48.5 Å². The highest BCUT2D eigenvalue weighted by atomic mass is 32.1. The van der Waals surface area contributed by atoms with Crippen molar-refractivity contribution in [3.05, 3.63) is 47.0 Å². The van der Waals surface area contributed by atoms with Gasteiger partial charge >= 0.3 is 0 Å². The number of benzene rings is 2. The summed E-state index contributed by atoms with van der Waals surface area (Å²) in [4.78, 5) is 27.5. The van der Waals surface area contributed by atoms with Gasteiger partial charge in [0.05, 0.1) is 26.9 Å². The molecule has 1 N–H and O–H groups in total. The number of hydrogen-bond acceptors (Lipinski definition) is 9. The minimum Gasteiger partial charge on any atom is -0.497 e. The molecule has 0 saturated carbocycles. The first-order valence-corrected chi connectivity index (χ1v) is 12.9. The van der Waals surface area contributed by atoms with Crippen molar-refractivity contribution in [3.63, 3.8) is 0 Å². The van der Waals surface area contributed by atoms with E-state index < -0.39 is 0 Å². The third kappa shape index (κ3) is 5.93. The lowest BCUT2D eigenvalue weighted by atomic mass is 10.1. The number of methoxy groups -OCH3 is 1. The van der Waals surface area contributed by atoms with Gasteiger partial charge < -0.3 is 23.8 Å². The standard InChI is InChI=1S/C26H30N4O6S/c1-5-34-20-12-16(13-21(35-6-2)23(20)36-7-3)24(32)27-26-29-28-25(37-26)17-14-22(31)30(15-17)18-8-10-19(33-4)11-9-18/h8-13,17H,5-7,14-15H2,1-4H3,(H,27,29,32). The van der Waals surface area contributed by atoms with Crippen molar-refractivity contribution in [2.75, 3.05) is 43.7 Å². The van der Waals surface area contributed by atoms with E-state index in [4.69, 9.17) is 18.9 Å². The summed E-state index contributed by atoms with van der Waals surface area (Å²) in [6, 6.07) is 10.6. The van der Waals surface area contributed by atoms with E-state index in [9.17, 15) is 9.59 Å². The molecule has 3 aromatic rings. The van der Waals surface area contributed by atoms with Gasteiger partial charge in [0.25, 0.3) is 5.91 Å². The van der Waals surface area contributed by atoms with Crippen molar-refractivity contribution in [1.29, 1.82) is 0 Å². The Morgan fingerprint density at radius 1 is 1.03 bits per heavy atom. The van der Waals surface area contributed by atoms with E-state index in [-0.39, 0.29) is 17.7 Å². The minimum atomic E-state index is -0.380. The van der Waals surface area contributed by atoms with Gasteiger partial charge in [-0.1, -0.05) is 11.3 Å². The number of carbonyl (C=O) groups is 2. The third-order valence-electron chi connectivity index (χ3n) is 5.69. The number of nitrogens with one attached hydrogen (secondary N) is 1. The number of carbonyl (C=O) groups excluding carboxylic acids is 2. The monoisotopic (exact) mass is 526 g/mol. The number of nitrogens with zero attached hydrogens (tertiary/aromatic N) is 3. The number of amides is 2. The molecule has 10 nitrogen and oxygen atoms in total. The molecule has 196 valence electrons. The lowest BCUT2D eigenvalue weighted by Gasteiger charge is -2.16. The number of rotatable bonds is 11. The highest BCUT2D eigenvalue weighted by molar-refractivity contribution is 7.15. The molecule has 1 aliphatic rings. The molecule has 11 heteroatoms. The normalized spacial score (nSPS) is 15.0. The van der Waals surface area contributed by atoms with Crippen LogP contribution in [-0.2, 0) is 4.79 Å². The summed E-state index contributed by atoms with van der Waals surface area (Å²) in [5.74, 6) is 1.58. The van der Waals surface area contributed by atoms with E-state index in [0.29, 0.717) is 65.7 Å². The molecule has 0 radical (unpaired) electrons. The van der Waals surface area contributed by atoms with Crippen LogP contribution in [0, 0.1) is 0 Å². The van der Waals surface area contributed by atoms with Gasteiger partial charge in [-0.05, 0) is 57.2 Å². The number of ether oxygens (including phenoxy) is 4. The molecule has 1 atom stereocenters. The van der Waals surface area contributed by atoms with Crippen LogP contribution in [0.5, 0.6) is 23.0 Å². The van der Waals surface area contributed by atoms with Gasteiger partial charge in [-0.3, -0.25) is 14.9 Å². The second-order valence-electron chi connectivity index (χ2n) is 8.10. The molecule has 1 saturated heterocycles. The van der Waals surface area contributed by atoms with Gasteiger partial charge in [-0.25, -0.2) is 0 Å². The second-order valence-corrected chi connectivity index (χ2v) is 9.11. The molecule has 4 rings (SSSR count). The molecule has 0 bridgehead atoms. The summed E-state index contributed by atoms with van der Waals surface area (Å²) < 4.78 is 22.3. The van der Waals surface area contributed by atoms with Crippen LogP contribution in [0.15, 0.2) is 36.4 Å². The Morgan fingerprint density at radius 2 is 1.68 bits per heavy atom. The van der Waals surface area contributed by atoms with Gasteiger partial charge in [-0.2, -0.15) is 0 Å². The molecular formula is C26H30N4O6S. The first-order valence-electron chi connectivity index (χ1n) is 12.1. The Hall–Kier alpha value is -3.86. The van der Waals surface area contributed by atoms with Crippen LogP contribution in [0.25, 0.3) is 0 Å². The first-order chi connectivity index (χ1) is 18.0. The van der Waals surface area contributed by atoms with Gasteiger partial charge in [0, 0.05) is 30.1 Å². The van der Waals surface area contributed by atoms with Crippen molar-refractivity contribution < 1.29 is 28.5 Å². The molecule has 1 aromatic heterocycles. The molecule has 2 aromatic carbocycles. The smallest absolute Gasteiger partial charge is 0.257 e. The van der Waals surface area contributed by atoms with E-state index >= 15 is 0 Å². The van der Waals surface area contributed by atoms with Crippen LogP contribution in [-0.4, -0.2) is 55.5 Å². The highest BCUT2D eigenvalue weighted by Crippen LogP contribution is 2.40. The van der Waals surface area contributed by atoms with E-state index in [1.54, 1.807) is 24.1 Å². The number of aromatic nitrogens is 2. The Balaban J connectivity index is 1.48. The van der Waals surface area contributed by atoms with Gasteiger partial charge in [0.1, 0.15) is 10.8 Å². The quantitative estimate of drug-likeness (QED) is 0.388. The number of anilines is 2. The molecule has 37 heavy (non-hydrogen) atoms. The van der Waals surface area contributed by atoms with Crippen LogP contribution in [0.2, 0.25) is 0 Å². The Labute approximate surface area is 219 Å². The van der Waals surface area contributed by atoms with Crippen LogP contribution < -0.4 is 29.2 Å². The molecule has 1 fully saturated rings. The van der Waals surface area contributed by atoms with Crippen molar-refractivity contribution >= 4 is 34.0 Å². The van der Waals surface area contributed by atoms with E-state index in [1.165, 1.54) is 11.3 Å². The maximum Gasteiger partial charge on any atom is 0.257 e. The van der Waals surface area contributed by atoms with Gasteiger partial charge in [0.2, 0.25) is 16.8 Å². The Morgan fingerprint density at radius 3 is 2.27 bits per heavy atom. The van der Waals surface area contributed by atoms with Crippen LogP contribution in [0.3, 0.4) is 0 Å². The molecule has 0 spiro atoms. The summed E-state index contributed by atoms with van der Waals surface area (Å²) in [5, 5.41) is 12.2. The van der Waals surface area contributed by atoms with Crippen molar-refractivity contribution in [3.8, 4) is 23.0 Å². The van der Waals surface area contributed by atoms with Crippen molar-refractivity contribution in [2.45, 2.75) is 33.1 Å². The van der Waals surface area contributed by atoms with Gasteiger partial charge in [-0.15, -0.1) is 10.2 Å². The molecule has 1 unspecified atom stereocenters. The molecular weight excluding hydrogens is 496 g/mol. The fraction of sp³-hybridized carbons (Fsp3) is 0.385. The van der Waals surface area contributed by atoms with Crippen molar-refractivity contribution in [1.82, 2.24) is 10.2 Å². The minimum absolute atomic E-state index is 0.0113. The Kier molecular flexibility index (Phi) is 8.44. The lowest BCUT2D eigenvalue weighted by Crippen LogP contribution is -2.24. The summed E-state index contributed by atoms with van der Waals surface area (Å²) >= 11 is 1.26. The average molecular weight is 527 g/mol. The molecule has 0 aliphatic carbocycles. The molecule has 1 aliphatic heterocycles. The zero-order valence-electron chi connectivity index (χ0n) is 21.3. The highest BCUT2D eigenvalue weighted by Gasteiger charge is 2.34. The van der Waals surface area contributed by atoms with E-state index in [2.05, 4.69) is 15.5 Å². The zero-order valence-corrected chi connectivity index (χ0v) is 22.1. The number of hydrogen-bond donors (Lipinski definition) is 1. The maximum atomic E-state index is 13.1. The largest absolute Gasteiger partial charge is 0.497 e. The first kappa shape index (κ1) is 26.2.